The van der Waals surface area contributed by atoms with Crippen molar-refractivity contribution in [2.75, 3.05) is 6.61 Å². The number of imidazole rings is 1. The van der Waals surface area contributed by atoms with Crippen molar-refractivity contribution in [3.05, 3.63) is 58.4 Å². The number of hydrogen-bond acceptors (Lipinski definition) is 4. The zero-order valence-electron chi connectivity index (χ0n) is 16.5. The minimum Gasteiger partial charge on any atom is -0.484 e. The molecule has 0 saturated heterocycles. The Balaban J connectivity index is 1.66. The van der Waals surface area contributed by atoms with Crippen molar-refractivity contribution in [2.45, 2.75) is 45.1 Å². The Hall–Kier alpha value is -2.82. The lowest BCUT2D eigenvalue weighted by molar-refractivity contribution is 0.0489. The van der Waals surface area contributed by atoms with Gasteiger partial charge in [-0.3, -0.25) is 0 Å². The first-order valence-electron chi connectivity index (χ1n) is 9.93. The summed E-state index contributed by atoms with van der Waals surface area (Å²) in [4.78, 5) is 17.4. The van der Waals surface area contributed by atoms with Crippen LogP contribution in [0.25, 0.3) is 11.0 Å². The molecule has 3 aromatic rings. The standard InChI is InChI=1S/C23H24N2O3/c1-4-27-22(26)18-11-19-20(24-14(2)25(19)3)21-17(18)9-10-23(28-21)12-15-7-5-6-8-16(15)13-23/h5-8,11H,4,9-10,12-13H2,1-3H3. The smallest absolute Gasteiger partial charge is 0.338 e. The SMILES string of the molecule is CCOC(=O)c1cc2c(nc(C)n2C)c2c1CCC1(Cc3ccccc3C1)O2. The molecular formula is C23H24N2O3. The quantitative estimate of drug-likeness (QED) is 0.636. The number of rotatable bonds is 2. The van der Waals surface area contributed by atoms with Gasteiger partial charge < -0.3 is 14.0 Å². The Bertz CT molecular complexity index is 1090. The molecule has 144 valence electrons. The second-order valence-electron chi connectivity index (χ2n) is 7.95. The van der Waals surface area contributed by atoms with Gasteiger partial charge in [0.25, 0.3) is 0 Å². The topological polar surface area (TPSA) is 53.3 Å². The van der Waals surface area contributed by atoms with Gasteiger partial charge in [-0.25, -0.2) is 9.78 Å². The van der Waals surface area contributed by atoms with Crippen LogP contribution in [-0.2, 0) is 31.0 Å². The second kappa shape index (κ2) is 6.09. The molecule has 0 fully saturated rings. The predicted octanol–water partition coefficient (Wildman–Crippen LogP) is 3.92. The molecule has 2 aliphatic rings. The van der Waals surface area contributed by atoms with Crippen molar-refractivity contribution in [1.82, 2.24) is 9.55 Å². The lowest BCUT2D eigenvalue weighted by Crippen LogP contribution is -2.41. The van der Waals surface area contributed by atoms with E-state index < -0.39 is 0 Å². The number of benzene rings is 2. The van der Waals surface area contributed by atoms with Crippen LogP contribution in [0.5, 0.6) is 5.75 Å². The van der Waals surface area contributed by atoms with Crippen LogP contribution in [0.2, 0.25) is 0 Å². The number of hydrogen-bond donors (Lipinski definition) is 0. The molecule has 28 heavy (non-hydrogen) atoms. The minimum atomic E-state index is -0.284. The minimum absolute atomic E-state index is 0.248. The van der Waals surface area contributed by atoms with Gasteiger partial charge in [-0.05, 0) is 43.9 Å². The Morgan fingerprint density at radius 3 is 2.68 bits per heavy atom. The number of carbonyl (C=O) groups excluding carboxylic acids is 1. The van der Waals surface area contributed by atoms with E-state index in [-0.39, 0.29) is 11.6 Å². The molecule has 1 aromatic heterocycles. The van der Waals surface area contributed by atoms with Crippen LogP contribution in [0.15, 0.2) is 30.3 Å². The van der Waals surface area contributed by atoms with Crippen molar-refractivity contribution < 1.29 is 14.3 Å². The van der Waals surface area contributed by atoms with E-state index in [2.05, 4.69) is 24.3 Å². The molecule has 0 bridgehead atoms. The molecule has 1 spiro atoms. The summed E-state index contributed by atoms with van der Waals surface area (Å²) in [7, 11) is 1.97. The molecule has 1 aliphatic carbocycles. The van der Waals surface area contributed by atoms with Crippen LogP contribution in [0.1, 0.15) is 46.2 Å². The fourth-order valence-corrected chi connectivity index (χ4v) is 4.73. The van der Waals surface area contributed by atoms with Gasteiger partial charge in [0, 0.05) is 25.5 Å². The number of esters is 1. The molecular weight excluding hydrogens is 352 g/mol. The lowest BCUT2D eigenvalue weighted by Gasteiger charge is -2.36. The summed E-state index contributed by atoms with van der Waals surface area (Å²) in [6.45, 7) is 4.16. The summed E-state index contributed by atoms with van der Waals surface area (Å²) in [5, 5.41) is 0. The van der Waals surface area contributed by atoms with Crippen molar-refractivity contribution in [1.29, 1.82) is 0 Å². The molecule has 0 N–H and O–H groups in total. The van der Waals surface area contributed by atoms with E-state index in [4.69, 9.17) is 14.5 Å². The number of fused-ring (bicyclic) bond motifs is 4. The van der Waals surface area contributed by atoms with Crippen LogP contribution in [-0.4, -0.2) is 27.7 Å². The van der Waals surface area contributed by atoms with E-state index in [9.17, 15) is 4.79 Å². The van der Waals surface area contributed by atoms with E-state index >= 15 is 0 Å². The highest BCUT2D eigenvalue weighted by Gasteiger charge is 2.43. The lowest BCUT2D eigenvalue weighted by atomic mass is 9.86. The first-order valence-corrected chi connectivity index (χ1v) is 9.93. The molecule has 0 atom stereocenters. The Kier molecular flexibility index (Phi) is 3.76. The Morgan fingerprint density at radius 2 is 2.00 bits per heavy atom. The highest BCUT2D eigenvalue weighted by molar-refractivity contribution is 5.99. The van der Waals surface area contributed by atoms with Crippen LogP contribution in [0, 0.1) is 6.92 Å². The zero-order valence-corrected chi connectivity index (χ0v) is 16.5. The van der Waals surface area contributed by atoms with Gasteiger partial charge in [-0.2, -0.15) is 0 Å². The monoisotopic (exact) mass is 376 g/mol. The maximum atomic E-state index is 12.7. The van der Waals surface area contributed by atoms with Crippen molar-refractivity contribution in [3.8, 4) is 5.75 Å². The first-order chi connectivity index (χ1) is 13.5. The molecule has 5 heteroatoms. The summed E-state index contributed by atoms with van der Waals surface area (Å²) in [5.41, 5.74) is 5.78. The van der Waals surface area contributed by atoms with Crippen LogP contribution in [0.4, 0.5) is 0 Å². The third-order valence-corrected chi connectivity index (χ3v) is 6.25. The molecule has 1 aliphatic heterocycles. The first kappa shape index (κ1) is 17.3. The third kappa shape index (κ3) is 2.45. The summed E-state index contributed by atoms with van der Waals surface area (Å²) < 4.78 is 14.1. The van der Waals surface area contributed by atoms with Crippen LogP contribution in [0.3, 0.4) is 0 Å². The molecule has 0 unspecified atom stereocenters. The summed E-state index contributed by atoms with van der Waals surface area (Å²) in [6.07, 6.45) is 3.49. The third-order valence-electron chi connectivity index (χ3n) is 6.25. The van der Waals surface area contributed by atoms with Crippen molar-refractivity contribution >= 4 is 17.0 Å². The maximum absolute atomic E-state index is 12.7. The van der Waals surface area contributed by atoms with Gasteiger partial charge in [0.05, 0.1) is 17.7 Å². The predicted molar refractivity (Wildman–Crippen MR) is 107 cm³/mol. The molecule has 2 aromatic carbocycles. The molecule has 2 heterocycles. The van der Waals surface area contributed by atoms with Gasteiger partial charge in [0.2, 0.25) is 0 Å². The number of ether oxygens (including phenoxy) is 2. The Labute approximate surface area is 164 Å². The number of aromatic nitrogens is 2. The fourth-order valence-electron chi connectivity index (χ4n) is 4.73. The maximum Gasteiger partial charge on any atom is 0.338 e. The average molecular weight is 376 g/mol. The van der Waals surface area contributed by atoms with Gasteiger partial charge in [0.1, 0.15) is 16.9 Å². The van der Waals surface area contributed by atoms with E-state index in [0.29, 0.717) is 12.2 Å². The van der Waals surface area contributed by atoms with Crippen molar-refractivity contribution in [2.24, 2.45) is 7.05 Å². The van der Waals surface area contributed by atoms with Gasteiger partial charge >= 0.3 is 5.97 Å². The van der Waals surface area contributed by atoms with Gasteiger partial charge in [0.15, 0.2) is 5.75 Å². The van der Waals surface area contributed by atoms with Gasteiger partial charge in [-0.15, -0.1) is 0 Å². The fraction of sp³-hybridized carbons (Fsp3) is 0.391. The number of carbonyl (C=O) groups is 1. The van der Waals surface area contributed by atoms with E-state index in [0.717, 1.165) is 53.9 Å². The van der Waals surface area contributed by atoms with Gasteiger partial charge in [-0.1, -0.05) is 24.3 Å². The number of aryl methyl sites for hydroxylation is 2. The summed E-state index contributed by atoms with van der Waals surface area (Å²) >= 11 is 0. The summed E-state index contributed by atoms with van der Waals surface area (Å²) in [5.74, 6) is 1.38. The molecule has 5 rings (SSSR count). The zero-order chi connectivity index (χ0) is 19.5. The van der Waals surface area contributed by atoms with E-state index in [1.54, 1.807) is 0 Å². The normalized spacial score (nSPS) is 16.7. The average Bonchev–Trinajstić information content (AvgIpc) is 3.18. The van der Waals surface area contributed by atoms with E-state index in [1.807, 2.05) is 31.5 Å². The highest BCUT2D eigenvalue weighted by atomic mass is 16.5. The number of nitrogens with zero attached hydrogens (tertiary/aromatic N) is 2. The Morgan fingerprint density at radius 1 is 1.29 bits per heavy atom. The van der Waals surface area contributed by atoms with E-state index in [1.165, 1.54) is 11.1 Å². The summed E-state index contributed by atoms with van der Waals surface area (Å²) in [6, 6.07) is 10.5. The highest BCUT2D eigenvalue weighted by Crippen LogP contribution is 2.46. The molecule has 0 saturated carbocycles. The largest absolute Gasteiger partial charge is 0.484 e. The van der Waals surface area contributed by atoms with Crippen LogP contribution < -0.4 is 4.74 Å². The van der Waals surface area contributed by atoms with Crippen LogP contribution >= 0.6 is 0 Å². The molecule has 0 amide bonds. The van der Waals surface area contributed by atoms with Crippen molar-refractivity contribution in [3.63, 3.8) is 0 Å². The second-order valence-corrected chi connectivity index (χ2v) is 7.95. The molecule has 0 radical (unpaired) electrons. The molecule has 5 nitrogen and oxygen atoms in total.